The van der Waals surface area contributed by atoms with E-state index in [2.05, 4.69) is 58.9 Å². The van der Waals surface area contributed by atoms with E-state index in [9.17, 15) is 0 Å². The van der Waals surface area contributed by atoms with E-state index in [0.29, 0.717) is 11.4 Å². The van der Waals surface area contributed by atoms with Crippen LogP contribution in [0.5, 0.6) is 23.0 Å². The van der Waals surface area contributed by atoms with Crippen LogP contribution in [0.25, 0.3) is 0 Å². The standard InChI is InChI=1S/C47H62N2O2/c1-6-7-8-9-10-13-36-18-20-37(21-19-36)38-22-24-47(25-23-38,39-26-32(2)45(33(3)27-39)50-43-16-11-14-41(48)30-43)40-28-34(4)46(35(5)29-40)51-44-17-12-15-42(49)31-44/h11-12,14-17,26-31,36-38H,6-10,13,18-25,48-49H2,1-5H3/t36-,37+. The van der Waals surface area contributed by atoms with Crippen molar-refractivity contribution in [3.63, 3.8) is 0 Å². The van der Waals surface area contributed by atoms with E-state index in [0.717, 1.165) is 75.8 Å². The zero-order valence-corrected chi connectivity index (χ0v) is 32.0. The average Bonchev–Trinajstić information content (AvgIpc) is 3.11. The maximum Gasteiger partial charge on any atom is 0.133 e. The first-order valence-electron chi connectivity index (χ1n) is 20.0. The van der Waals surface area contributed by atoms with Crippen LogP contribution in [-0.4, -0.2) is 0 Å². The molecular weight excluding hydrogens is 625 g/mol. The molecule has 4 aromatic rings. The van der Waals surface area contributed by atoms with Crippen molar-refractivity contribution in [3.8, 4) is 23.0 Å². The van der Waals surface area contributed by atoms with Gasteiger partial charge in [0.1, 0.15) is 23.0 Å². The van der Waals surface area contributed by atoms with Crippen LogP contribution in [0.1, 0.15) is 130 Å². The minimum Gasteiger partial charge on any atom is -0.457 e. The predicted molar refractivity (Wildman–Crippen MR) is 215 cm³/mol. The Morgan fingerprint density at radius 2 is 1.02 bits per heavy atom. The first-order chi connectivity index (χ1) is 24.6. The summed E-state index contributed by atoms with van der Waals surface area (Å²) in [5, 5.41) is 0. The zero-order chi connectivity index (χ0) is 36.0. The van der Waals surface area contributed by atoms with Gasteiger partial charge in [0.15, 0.2) is 0 Å². The highest BCUT2D eigenvalue weighted by Gasteiger charge is 2.42. The molecule has 2 aliphatic rings. The van der Waals surface area contributed by atoms with Gasteiger partial charge in [0.05, 0.1) is 0 Å². The number of rotatable bonds is 13. The Labute approximate surface area is 308 Å². The van der Waals surface area contributed by atoms with Gasteiger partial charge in [-0.1, -0.05) is 94.7 Å². The third-order valence-electron chi connectivity index (χ3n) is 12.3. The third kappa shape index (κ3) is 8.76. The SMILES string of the molecule is CCCCCCC[C@H]1CC[C@@H](C2CCC(c3cc(C)c(Oc4cccc(N)c4)c(C)c3)(c3cc(C)c(Oc4cccc(N)c4)c(C)c3)CC2)CC1. The molecule has 0 radical (unpaired) electrons. The molecule has 2 fully saturated rings. The highest BCUT2D eigenvalue weighted by Crippen LogP contribution is 2.52. The van der Waals surface area contributed by atoms with Gasteiger partial charge in [0, 0.05) is 28.9 Å². The van der Waals surface area contributed by atoms with Crippen LogP contribution in [0.2, 0.25) is 0 Å². The summed E-state index contributed by atoms with van der Waals surface area (Å²) in [6.07, 6.45) is 19.1. The Balaban J connectivity index is 1.25. The van der Waals surface area contributed by atoms with Gasteiger partial charge in [-0.2, -0.15) is 0 Å². The van der Waals surface area contributed by atoms with Crippen LogP contribution in [0.3, 0.4) is 0 Å². The monoisotopic (exact) mass is 686 g/mol. The third-order valence-corrected chi connectivity index (χ3v) is 12.3. The lowest BCUT2D eigenvalue weighted by molar-refractivity contribution is 0.140. The van der Waals surface area contributed by atoms with E-state index in [1.807, 2.05) is 48.5 Å². The van der Waals surface area contributed by atoms with Crippen molar-refractivity contribution in [2.24, 2.45) is 17.8 Å². The Morgan fingerprint density at radius 1 is 0.569 bits per heavy atom. The van der Waals surface area contributed by atoms with Crippen molar-refractivity contribution in [3.05, 3.63) is 106 Å². The number of nitrogen functional groups attached to an aromatic ring is 2. The number of hydrogen-bond donors (Lipinski definition) is 2. The van der Waals surface area contributed by atoms with Gasteiger partial charge in [-0.15, -0.1) is 0 Å². The molecule has 0 spiro atoms. The molecule has 2 aliphatic carbocycles. The number of nitrogens with two attached hydrogens (primary N) is 2. The topological polar surface area (TPSA) is 70.5 Å². The van der Waals surface area contributed by atoms with Crippen LogP contribution in [-0.2, 0) is 5.41 Å². The molecule has 2 saturated carbocycles. The van der Waals surface area contributed by atoms with Crippen LogP contribution < -0.4 is 20.9 Å². The summed E-state index contributed by atoms with van der Waals surface area (Å²) in [6.45, 7) is 11.1. The zero-order valence-electron chi connectivity index (χ0n) is 32.0. The summed E-state index contributed by atoms with van der Waals surface area (Å²) in [7, 11) is 0. The normalized spacial score (nSPS) is 19.2. The Kier molecular flexibility index (Phi) is 12.0. The van der Waals surface area contributed by atoms with Crippen molar-refractivity contribution in [1.29, 1.82) is 0 Å². The van der Waals surface area contributed by atoms with Crippen molar-refractivity contribution >= 4 is 11.4 Å². The number of unbranched alkanes of at least 4 members (excludes halogenated alkanes) is 4. The largest absolute Gasteiger partial charge is 0.457 e. The van der Waals surface area contributed by atoms with Gasteiger partial charge in [-0.25, -0.2) is 0 Å². The molecule has 272 valence electrons. The molecule has 4 heteroatoms. The lowest BCUT2D eigenvalue weighted by Gasteiger charge is -2.45. The van der Waals surface area contributed by atoms with Gasteiger partial charge < -0.3 is 20.9 Å². The van der Waals surface area contributed by atoms with E-state index in [1.165, 1.54) is 88.2 Å². The minimum absolute atomic E-state index is 0.0668. The molecule has 0 saturated heterocycles. The Bertz CT molecular complexity index is 1610. The van der Waals surface area contributed by atoms with Gasteiger partial charge >= 0.3 is 0 Å². The quantitative estimate of drug-likeness (QED) is 0.108. The molecule has 0 atom stereocenters. The number of benzene rings is 4. The average molecular weight is 687 g/mol. The van der Waals surface area contributed by atoms with Crippen LogP contribution in [0.4, 0.5) is 11.4 Å². The Morgan fingerprint density at radius 3 is 1.47 bits per heavy atom. The maximum absolute atomic E-state index is 6.46. The number of ether oxygens (including phenoxy) is 2. The molecule has 4 nitrogen and oxygen atoms in total. The van der Waals surface area contributed by atoms with Gasteiger partial charge in [0.25, 0.3) is 0 Å². The summed E-state index contributed by atoms with van der Waals surface area (Å²) in [5.74, 6) is 6.07. The fourth-order valence-corrected chi connectivity index (χ4v) is 9.50. The summed E-state index contributed by atoms with van der Waals surface area (Å²) >= 11 is 0. The molecule has 0 aliphatic heterocycles. The molecule has 51 heavy (non-hydrogen) atoms. The summed E-state index contributed by atoms with van der Waals surface area (Å²) in [5.41, 5.74) is 21.0. The van der Waals surface area contributed by atoms with E-state index in [-0.39, 0.29) is 5.41 Å². The van der Waals surface area contributed by atoms with Crippen molar-refractivity contribution < 1.29 is 9.47 Å². The van der Waals surface area contributed by atoms with Gasteiger partial charge in [-0.3, -0.25) is 0 Å². The van der Waals surface area contributed by atoms with Crippen LogP contribution >= 0.6 is 0 Å². The molecule has 4 aromatic carbocycles. The predicted octanol–water partition coefficient (Wildman–Crippen LogP) is 13.3. The highest BCUT2D eigenvalue weighted by atomic mass is 16.5. The first-order valence-corrected chi connectivity index (χ1v) is 20.0. The van der Waals surface area contributed by atoms with E-state index >= 15 is 0 Å². The van der Waals surface area contributed by atoms with Gasteiger partial charge in [-0.05, 0) is 142 Å². The smallest absolute Gasteiger partial charge is 0.133 e. The number of anilines is 2. The van der Waals surface area contributed by atoms with Crippen LogP contribution in [0.15, 0.2) is 72.8 Å². The molecule has 0 amide bonds. The number of aryl methyl sites for hydroxylation is 4. The van der Waals surface area contributed by atoms with Crippen molar-refractivity contribution in [2.45, 2.75) is 130 Å². The minimum atomic E-state index is -0.0668. The molecule has 4 N–H and O–H groups in total. The molecule has 0 heterocycles. The molecule has 0 aromatic heterocycles. The second-order valence-electron chi connectivity index (χ2n) is 16.1. The summed E-state index contributed by atoms with van der Waals surface area (Å²) < 4.78 is 12.9. The molecular formula is C47H62N2O2. The van der Waals surface area contributed by atoms with Crippen molar-refractivity contribution in [2.75, 3.05) is 11.5 Å². The first kappa shape index (κ1) is 36.9. The lowest BCUT2D eigenvalue weighted by atomic mass is 9.59. The van der Waals surface area contributed by atoms with Gasteiger partial charge in [0.2, 0.25) is 0 Å². The maximum atomic E-state index is 6.46. The highest BCUT2D eigenvalue weighted by molar-refractivity contribution is 5.55. The van der Waals surface area contributed by atoms with E-state index < -0.39 is 0 Å². The van der Waals surface area contributed by atoms with E-state index in [1.54, 1.807) is 0 Å². The molecule has 0 bridgehead atoms. The van der Waals surface area contributed by atoms with E-state index in [4.69, 9.17) is 20.9 Å². The lowest BCUT2D eigenvalue weighted by Crippen LogP contribution is -2.36. The Hall–Kier alpha value is -3.92. The van der Waals surface area contributed by atoms with Crippen molar-refractivity contribution in [1.82, 2.24) is 0 Å². The fraction of sp³-hybridized carbons (Fsp3) is 0.489. The fourth-order valence-electron chi connectivity index (χ4n) is 9.50. The van der Waals surface area contributed by atoms with Crippen LogP contribution in [0, 0.1) is 45.4 Å². The molecule has 0 unspecified atom stereocenters. The second-order valence-corrected chi connectivity index (χ2v) is 16.1. The second kappa shape index (κ2) is 16.6. The number of hydrogen-bond acceptors (Lipinski definition) is 4. The summed E-state index contributed by atoms with van der Waals surface area (Å²) in [4.78, 5) is 0. The molecule has 6 rings (SSSR count). The summed E-state index contributed by atoms with van der Waals surface area (Å²) in [6, 6.07) is 25.1.